The molecule has 0 radical (unpaired) electrons. The second-order valence-electron chi connectivity index (χ2n) is 3.55. The van der Waals surface area contributed by atoms with Crippen molar-refractivity contribution in [3.8, 4) is 11.5 Å². The van der Waals surface area contributed by atoms with Crippen LogP contribution in [-0.2, 0) is 0 Å². The summed E-state index contributed by atoms with van der Waals surface area (Å²) in [5.41, 5.74) is 6.62. The molecule has 0 aliphatic carbocycles. The lowest BCUT2D eigenvalue weighted by Gasteiger charge is -2.17. The van der Waals surface area contributed by atoms with E-state index >= 15 is 0 Å². The van der Waals surface area contributed by atoms with E-state index in [9.17, 15) is 5.11 Å². The maximum atomic E-state index is 9.67. The Morgan fingerprint density at radius 3 is 2.76 bits per heavy atom. The van der Waals surface area contributed by atoms with Gasteiger partial charge in [-0.25, -0.2) is 0 Å². The Morgan fingerprint density at radius 1 is 1.59 bits per heavy atom. The zero-order valence-electron chi connectivity index (χ0n) is 9.65. The van der Waals surface area contributed by atoms with E-state index in [0.717, 1.165) is 14.9 Å². The standard InChI is InChI=1S/C12H16INO2.ClH/c1-3-6-16-10-5-4-9(15)12(13)11(10)8(2)7-14;/h3-5,8,15H,1,6-7,14H2,2H3;1H. The molecule has 0 amide bonds. The number of hydrogen-bond donors (Lipinski definition) is 2. The lowest BCUT2D eigenvalue weighted by molar-refractivity contribution is 0.355. The smallest absolute Gasteiger partial charge is 0.129 e. The Bertz CT molecular complexity index is 385. The average Bonchev–Trinajstić information content (AvgIpc) is 2.29. The molecular formula is C12H17ClINO2. The van der Waals surface area contributed by atoms with Gasteiger partial charge in [0.25, 0.3) is 0 Å². The second kappa shape index (κ2) is 7.79. The van der Waals surface area contributed by atoms with Gasteiger partial charge in [0.15, 0.2) is 0 Å². The Balaban J connectivity index is 0.00000256. The Kier molecular flexibility index (Phi) is 7.58. The molecule has 0 bridgehead atoms. The van der Waals surface area contributed by atoms with Gasteiger partial charge < -0.3 is 15.6 Å². The first-order chi connectivity index (χ1) is 7.61. The largest absolute Gasteiger partial charge is 0.507 e. The van der Waals surface area contributed by atoms with E-state index < -0.39 is 0 Å². The maximum Gasteiger partial charge on any atom is 0.129 e. The van der Waals surface area contributed by atoms with Gasteiger partial charge in [-0.3, -0.25) is 0 Å². The number of phenolic OH excluding ortho intramolecular Hbond substituents is 1. The van der Waals surface area contributed by atoms with E-state index in [1.54, 1.807) is 18.2 Å². The summed E-state index contributed by atoms with van der Waals surface area (Å²) in [6.07, 6.45) is 1.69. The van der Waals surface area contributed by atoms with Gasteiger partial charge in [0, 0.05) is 5.56 Å². The van der Waals surface area contributed by atoms with E-state index in [2.05, 4.69) is 29.2 Å². The third kappa shape index (κ3) is 4.04. The van der Waals surface area contributed by atoms with Gasteiger partial charge in [0.2, 0.25) is 0 Å². The van der Waals surface area contributed by atoms with Crippen molar-refractivity contribution in [1.29, 1.82) is 0 Å². The van der Waals surface area contributed by atoms with Crippen molar-refractivity contribution in [2.45, 2.75) is 12.8 Å². The summed E-state index contributed by atoms with van der Waals surface area (Å²) in [5, 5.41) is 9.67. The van der Waals surface area contributed by atoms with Crippen LogP contribution in [0.2, 0.25) is 0 Å². The highest BCUT2D eigenvalue weighted by molar-refractivity contribution is 14.1. The average molecular weight is 370 g/mol. The number of nitrogens with two attached hydrogens (primary N) is 1. The van der Waals surface area contributed by atoms with E-state index in [0.29, 0.717) is 13.2 Å². The van der Waals surface area contributed by atoms with E-state index in [4.69, 9.17) is 10.5 Å². The monoisotopic (exact) mass is 369 g/mol. The number of ether oxygens (including phenoxy) is 1. The van der Waals surface area contributed by atoms with Crippen molar-refractivity contribution in [3.63, 3.8) is 0 Å². The molecule has 0 saturated heterocycles. The van der Waals surface area contributed by atoms with Crippen LogP contribution in [0.4, 0.5) is 0 Å². The summed E-state index contributed by atoms with van der Waals surface area (Å²) in [6, 6.07) is 3.40. The highest BCUT2D eigenvalue weighted by Gasteiger charge is 2.16. The molecule has 3 N–H and O–H groups in total. The van der Waals surface area contributed by atoms with Gasteiger partial charge in [-0.05, 0) is 47.2 Å². The van der Waals surface area contributed by atoms with Crippen molar-refractivity contribution < 1.29 is 9.84 Å². The van der Waals surface area contributed by atoms with Crippen molar-refractivity contribution in [1.82, 2.24) is 0 Å². The first kappa shape index (κ1) is 16.5. The normalized spacial score (nSPS) is 11.5. The molecule has 0 aliphatic heterocycles. The molecule has 5 heteroatoms. The summed E-state index contributed by atoms with van der Waals surface area (Å²) in [6.45, 7) is 6.59. The van der Waals surface area contributed by atoms with Gasteiger partial charge in [-0.2, -0.15) is 0 Å². The minimum Gasteiger partial charge on any atom is -0.507 e. The van der Waals surface area contributed by atoms with Crippen LogP contribution in [0.3, 0.4) is 0 Å². The summed E-state index contributed by atoms with van der Waals surface area (Å²) in [5.74, 6) is 1.18. The van der Waals surface area contributed by atoms with Crippen LogP contribution >= 0.6 is 35.0 Å². The van der Waals surface area contributed by atoms with E-state index in [1.807, 2.05) is 6.92 Å². The third-order valence-corrected chi connectivity index (χ3v) is 3.46. The SMILES string of the molecule is C=CCOc1ccc(O)c(I)c1C(C)CN.Cl. The van der Waals surface area contributed by atoms with E-state index in [-0.39, 0.29) is 24.1 Å². The van der Waals surface area contributed by atoms with Gasteiger partial charge in [0.05, 0.1) is 3.57 Å². The minimum atomic E-state index is 0. The fourth-order valence-electron chi connectivity index (χ4n) is 1.42. The lowest BCUT2D eigenvalue weighted by Crippen LogP contribution is -2.12. The highest BCUT2D eigenvalue weighted by atomic mass is 127. The first-order valence-corrected chi connectivity index (χ1v) is 6.14. The van der Waals surface area contributed by atoms with Crippen molar-refractivity contribution in [2.75, 3.05) is 13.2 Å². The van der Waals surface area contributed by atoms with Gasteiger partial charge >= 0.3 is 0 Å². The summed E-state index contributed by atoms with van der Waals surface area (Å²) in [4.78, 5) is 0. The van der Waals surface area contributed by atoms with E-state index in [1.165, 1.54) is 0 Å². The van der Waals surface area contributed by atoms with Crippen molar-refractivity contribution >= 4 is 35.0 Å². The Hall–Kier alpha value is -0.460. The predicted octanol–water partition coefficient (Wildman–Crippen LogP) is 3.05. The Morgan fingerprint density at radius 2 is 2.24 bits per heavy atom. The number of phenols is 1. The number of hydrogen-bond acceptors (Lipinski definition) is 3. The molecule has 1 unspecified atom stereocenters. The van der Waals surface area contributed by atoms with Crippen LogP contribution in [0.25, 0.3) is 0 Å². The number of rotatable bonds is 5. The van der Waals surface area contributed by atoms with Crippen molar-refractivity contribution in [3.05, 3.63) is 33.9 Å². The zero-order chi connectivity index (χ0) is 12.1. The molecule has 0 saturated carbocycles. The van der Waals surface area contributed by atoms with Gasteiger partial charge in [-0.15, -0.1) is 12.4 Å². The topological polar surface area (TPSA) is 55.5 Å². The molecule has 0 aromatic heterocycles. The molecule has 1 aromatic carbocycles. The molecule has 1 aromatic rings. The first-order valence-electron chi connectivity index (χ1n) is 5.07. The molecule has 17 heavy (non-hydrogen) atoms. The summed E-state index contributed by atoms with van der Waals surface area (Å²) in [7, 11) is 0. The fourth-order valence-corrected chi connectivity index (χ4v) is 2.39. The molecule has 1 atom stereocenters. The number of aromatic hydroxyl groups is 1. The third-order valence-electron chi connectivity index (χ3n) is 2.32. The predicted molar refractivity (Wildman–Crippen MR) is 81.2 cm³/mol. The van der Waals surface area contributed by atoms with Crippen LogP contribution in [0.5, 0.6) is 11.5 Å². The minimum absolute atomic E-state index is 0. The molecule has 96 valence electrons. The van der Waals surface area contributed by atoms with Crippen LogP contribution < -0.4 is 10.5 Å². The molecule has 0 aliphatic rings. The van der Waals surface area contributed by atoms with Crippen molar-refractivity contribution in [2.24, 2.45) is 5.73 Å². The Labute approximate surface area is 122 Å². The summed E-state index contributed by atoms with van der Waals surface area (Å²) >= 11 is 2.11. The second-order valence-corrected chi connectivity index (χ2v) is 4.63. The molecule has 3 nitrogen and oxygen atoms in total. The van der Waals surface area contributed by atoms with Crippen LogP contribution in [0, 0.1) is 3.57 Å². The number of halogens is 2. The molecule has 1 rings (SSSR count). The quantitative estimate of drug-likeness (QED) is 0.619. The maximum absolute atomic E-state index is 9.67. The number of benzene rings is 1. The van der Waals surface area contributed by atoms with Gasteiger partial charge in [-0.1, -0.05) is 19.6 Å². The summed E-state index contributed by atoms with van der Waals surface area (Å²) < 4.78 is 6.36. The van der Waals surface area contributed by atoms with Gasteiger partial charge in [0.1, 0.15) is 18.1 Å². The molecule has 0 spiro atoms. The molecule has 0 heterocycles. The molecular weight excluding hydrogens is 352 g/mol. The fraction of sp³-hybridized carbons (Fsp3) is 0.333. The van der Waals surface area contributed by atoms with Crippen LogP contribution in [0.15, 0.2) is 24.8 Å². The highest BCUT2D eigenvalue weighted by Crippen LogP contribution is 2.35. The molecule has 0 fully saturated rings. The zero-order valence-corrected chi connectivity index (χ0v) is 12.6. The van der Waals surface area contributed by atoms with Crippen LogP contribution in [-0.4, -0.2) is 18.3 Å². The van der Waals surface area contributed by atoms with Crippen LogP contribution in [0.1, 0.15) is 18.4 Å². The lowest BCUT2D eigenvalue weighted by atomic mass is 10.00.